The van der Waals surface area contributed by atoms with E-state index < -0.39 is 5.91 Å². The predicted octanol–water partition coefficient (Wildman–Crippen LogP) is 5.43. The number of halogens is 1. The van der Waals surface area contributed by atoms with Crippen LogP contribution in [0.4, 0.5) is 5.69 Å². The molecule has 34 heavy (non-hydrogen) atoms. The summed E-state index contributed by atoms with van der Waals surface area (Å²) in [7, 11) is 3.03. The van der Waals surface area contributed by atoms with Gasteiger partial charge in [0.1, 0.15) is 17.3 Å². The van der Waals surface area contributed by atoms with Crippen LogP contribution in [-0.2, 0) is 10.2 Å². The van der Waals surface area contributed by atoms with E-state index >= 15 is 0 Å². The van der Waals surface area contributed by atoms with Gasteiger partial charge in [-0.15, -0.1) is 0 Å². The Kier molecular flexibility index (Phi) is 5.50. The molecule has 1 heterocycles. The summed E-state index contributed by atoms with van der Waals surface area (Å²) in [6.07, 6.45) is 1.97. The molecule has 0 unspecified atom stereocenters. The fraction of sp³-hybridized carbons (Fsp3) is 0.222. The van der Waals surface area contributed by atoms with E-state index in [9.17, 15) is 15.0 Å². The number of fused-ring (bicyclic) bond motifs is 1. The third-order valence-electron chi connectivity index (χ3n) is 6.72. The summed E-state index contributed by atoms with van der Waals surface area (Å²) in [5.74, 6) is 0.333. The SMILES string of the molecule is COc1ccc(/C(O)=C2/C(=O)Nc3cc(Cl)c(-c4ccc(C5(CO)CC5)cc4)cc32)c(OC)c1. The second-order valence-corrected chi connectivity index (χ2v) is 9.04. The number of nitrogens with one attached hydrogen (secondary N) is 1. The molecule has 0 spiro atoms. The maximum atomic E-state index is 12.9. The van der Waals surface area contributed by atoms with Gasteiger partial charge >= 0.3 is 0 Å². The van der Waals surface area contributed by atoms with Crippen LogP contribution in [0.15, 0.2) is 54.6 Å². The standard InChI is InChI=1S/C27H24ClNO5/c1-33-17-7-8-18(23(11-17)34-2)25(31)24-20-12-19(21(28)13-22(20)29-26(24)32)15-3-5-16(6-4-15)27(14-30)9-10-27/h3-8,11-13,30-31H,9-10,14H2,1-2H3,(H,29,32)/b25-24-. The van der Waals surface area contributed by atoms with E-state index in [0.29, 0.717) is 33.3 Å². The van der Waals surface area contributed by atoms with Crippen LogP contribution in [0.1, 0.15) is 29.5 Å². The first-order chi connectivity index (χ1) is 16.4. The van der Waals surface area contributed by atoms with Gasteiger partial charge < -0.3 is 25.0 Å². The number of methoxy groups -OCH3 is 2. The Bertz CT molecular complexity index is 1330. The van der Waals surface area contributed by atoms with Gasteiger partial charge in [-0.3, -0.25) is 4.79 Å². The van der Waals surface area contributed by atoms with E-state index in [0.717, 1.165) is 29.5 Å². The molecule has 5 rings (SSSR count). The number of amides is 1. The highest BCUT2D eigenvalue weighted by atomic mass is 35.5. The van der Waals surface area contributed by atoms with Crippen LogP contribution in [0, 0.1) is 0 Å². The first kappa shape index (κ1) is 22.3. The van der Waals surface area contributed by atoms with Crippen LogP contribution >= 0.6 is 11.6 Å². The summed E-state index contributed by atoms with van der Waals surface area (Å²) in [6.45, 7) is 0.141. The molecule has 0 aromatic heterocycles. The number of benzene rings is 3. The number of ether oxygens (including phenoxy) is 2. The van der Waals surface area contributed by atoms with Crippen molar-refractivity contribution in [2.75, 3.05) is 26.1 Å². The highest BCUT2D eigenvalue weighted by Crippen LogP contribution is 2.48. The molecule has 0 atom stereocenters. The molecular weight excluding hydrogens is 454 g/mol. The predicted molar refractivity (Wildman–Crippen MR) is 133 cm³/mol. The molecule has 3 aromatic rings. The number of carbonyl (C=O) groups excluding carboxylic acids is 1. The Labute approximate surface area is 202 Å². The Morgan fingerprint density at radius 3 is 2.38 bits per heavy atom. The molecule has 3 aromatic carbocycles. The van der Waals surface area contributed by atoms with E-state index in [1.54, 1.807) is 31.4 Å². The van der Waals surface area contributed by atoms with Crippen LogP contribution in [0.25, 0.3) is 22.5 Å². The van der Waals surface area contributed by atoms with Crippen molar-refractivity contribution >= 4 is 34.5 Å². The molecule has 1 amide bonds. The lowest BCUT2D eigenvalue weighted by Crippen LogP contribution is -2.11. The normalized spacial score (nSPS) is 17.1. The lowest BCUT2D eigenvalue weighted by molar-refractivity contribution is -0.110. The number of carbonyl (C=O) groups is 1. The van der Waals surface area contributed by atoms with Gasteiger partial charge in [0.05, 0.1) is 42.7 Å². The molecule has 1 saturated carbocycles. The smallest absolute Gasteiger partial charge is 0.260 e. The fourth-order valence-corrected chi connectivity index (χ4v) is 4.74. The maximum absolute atomic E-state index is 12.9. The van der Waals surface area contributed by atoms with Crippen LogP contribution in [0.5, 0.6) is 11.5 Å². The molecule has 6 nitrogen and oxygen atoms in total. The fourth-order valence-electron chi connectivity index (χ4n) is 4.47. The minimum Gasteiger partial charge on any atom is -0.506 e. The lowest BCUT2D eigenvalue weighted by Gasteiger charge is -2.14. The average Bonchev–Trinajstić information content (AvgIpc) is 3.60. The zero-order valence-corrected chi connectivity index (χ0v) is 19.6. The van der Waals surface area contributed by atoms with Gasteiger partial charge in [0.25, 0.3) is 5.91 Å². The highest BCUT2D eigenvalue weighted by molar-refractivity contribution is 6.38. The third-order valence-corrected chi connectivity index (χ3v) is 7.03. The van der Waals surface area contributed by atoms with E-state index in [1.165, 1.54) is 7.11 Å². The summed E-state index contributed by atoms with van der Waals surface area (Å²) in [5.41, 5.74) is 4.22. The molecule has 0 radical (unpaired) electrons. The Morgan fingerprint density at radius 1 is 1.03 bits per heavy atom. The number of aliphatic hydroxyl groups excluding tert-OH is 2. The molecule has 1 aliphatic heterocycles. The Morgan fingerprint density at radius 2 is 1.76 bits per heavy atom. The average molecular weight is 478 g/mol. The van der Waals surface area contributed by atoms with Gasteiger partial charge in [0, 0.05) is 22.6 Å². The maximum Gasteiger partial charge on any atom is 0.260 e. The van der Waals surface area contributed by atoms with E-state index in [1.807, 2.05) is 30.3 Å². The second-order valence-electron chi connectivity index (χ2n) is 8.64. The molecule has 7 heteroatoms. The summed E-state index contributed by atoms with van der Waals surface area (Å²) < 4.78 is 10.6. The van der Waals surface area contributed by atoms with Crippen molar-refractivity contribution in [3.05, 3.63) is 76.3 Å². The van der Waals surface area contributed by atoms with Crippen molar-refractivity contribution in [3.63, 3.8) is 0 Å². The van der Waals surface area contributed by atoms with E-state index in [4.69, 9.17) is 21.1 Å². The molecule has 174 valence electrons. The summed E-state index contributed by atoms with van der Waals surface area (Å²) in [6, 6.07) is 16.5. The summed E-state index contributed by atoms with van der Waals surface area (Å²) >= 11 is 6.58. The van der Waals surface area contributed by atoms with Crippen LogP contribution in [0.3, 0.4) is 0 Å². The number of rotatable bonds is 6. The number of anilines is 1. The van der Waals surface area contributed by atoms with Crippen LogP contribution < -0.4 is 14.8 Å². The highest BCUT2D eigenvalue weighted by Gasteiger charge is 2.43. The van der Waals surface area contributed by atoms with E-state index in [2.05, 4.69) is 5.32 Å². The Balaban J connectivity index is 1.59. The van der Waals surface area contributed by atoms with Crippen molar-refractivity contribution in [1.82, 2.24) is 0 Å². The van der Waals surface area contributed by atoms with Crippen molar-refractivity contribution in [1.29, 1.82) is 0 Å². The number of hydrogen-bond acceptors (Lipinski definition) is 5. The quantitative estimate of drug-likeness (QED) is 0.325. The monoisotopic (exact) mass is 477 g/mol. The van der Waals surface area contributed by atoms with Crippen molar-refractivity contribution in [3.8, 4) is 22.6 Å². The minimum absolute atomic E-state index is 0.115. The zero-order valence-electron chi connectivity index (χ0n) is 18.8. The minimum atomic E-state index is -0.424. The lowest BCUT2D eigenvalue weighted by atomic mass is 9.93. The van der Waals surface area contributed by atoms with Gasteiger partial charge in [-0.2, -0.15) is 0 Å². The summed E-state index contributed by atoms with van der Waals surface area (Å²) in [5, 5.41) is 24.1. The van der Waals surface area contributed by atoms with Crippen LogP contribution in [-0.4, -0.2) is 36.9 Å². The van der Waals surface area contributed by atoms with E-state index in [-0.39, 0.29) is 23.4 Å². The van der Waals surface area contributed by atoms with Gasteiger partial charge in [-0.05, 0) is 48.2 Å². The molecule has 0 saturated heterocycles. The third kappa shape index (κ3) is 3.59. The largest absolute Gasteiger partial charge is 0.506 e. The first-order valence-electron chi connectivity index (χ1n) is 10.9. The molecule has 0 bridgehead atoms. The molecular formula is C27H24ClNO5. The van der Waals surface area contributed by atoms with Gasteiger partial charge in [-0.1, -0.05) is 35.9 Å². The van der Waals surface area contributed by atoms with Gasteiger partial charge in [-0.25, -0.2) is 0 Å². The summed E-state index contributed by atoms with van der Waals surface area (Å²) in [4.78, 5) is 12.9. The Hall–Kier alpha value is -3.48. The first-order valence-corrected chi connectivity index (χ1v) is 11.3. The molecule has 1 fully saturated rings. The van der Waals surface area contributed by atoms with Crippen molar-refractivity contribution in [2.45, 2.75) is 18.3 Å². The molecule has 1 aliphatic carbocycles. The molecule has 2 aliphatic rings. The zero-order chi connectivity index (χ0) is 24.0. The van der Waals surface area contributed by atoms with Gasteiger partial charge in [0.2, 0.25) is 0 Å². The topological polar surface area (TPSA) is 88.0 Å². The van der Waals surface area contributed by atoms with Crippen molar-refractivity contribution in [2.24, 2.45) is 0 Å². The number of aliphatic hydroxyl groups is 2. The van der Waals surface area contributed by atoms with Crippen molar-refractivity contribution < 1.29 is 24.5 Å². The number of hydrogen-bond donors (Lipinski definition) is 3. The van der Waals surface area contributed by atoms with Gasteiger partial charge in [0.15, 0.2) is 0 Å². The second kappa shape index (κ2) is 8.38. The molecule has 3 N–H and O–H groups in total. The van der Waals surface area contributed by atoms with Crippen LogP contribution in [0.2, 0.25) is 5.02 Å².